The lowest BCUT2D eigenvalue weighted by Crippen LogP contribution is -2.46. The average Bonchev–Trinajstić information content (AvgIpc) is 2.64. The summed E-state index contributed by atoms with van der Waals surface area (Å²) in [6, 6.07) is 1.07. The van der Waals surface area contributed by atoms with Gasteiger partial charge in [-0.25, -0.2) is 4.79 Å². The Labute approximate surface area is 106 Å². The van der Waals surface area contributed by atoms with E-state index in [-0.39, 0.29) is 17.1 Å². The Balaban J connectivity index is 2.56. The summed E-state index contributed by atoms with van der Waals surface area (Å²) >= 11 is 1.12. The van der Waals surface area contributed by atoms with Gasteiger partial charge in [0, 0.05) is 17.0 Å². The number of hydrogen-bond donors (Lipinski definition) is 1. The third-order valence-electron chi connectivity index (χ3n) is 2.61. The quantitative estimate of drug-likeness (QED) is 0.824. The molecule has 0 spiro atoms. The second-order valence-electron chi connectivity index (χ2n) is 4.81. The predicted octanol–water partition coefficient (Wildman–Crippen LogP) is 2.83. The molecule has 0 atom stereocenters. The fourth-order valence-electron chi connectivity index (χ4n) is 1.64. The van der Waals surface area contributed by atoms with Gasteiger partial charge in [-0.15, -0.1) is 0 Å². The summed E-state index contributed by atoms with van der Waals surface area (Å²) in [5.74, 6) is 0. The molecule has 1 amide bonds. The molecule has 1 N–H and O–H groups in total. The number of hydrogen-bond acceptors (Lipinski definition) is 3. The first-order valence-corrected chi connectivity index (χ1v) is 6.79. The molecule has 1 aromatic rings. The first kappa shape index (κ1) is 14.0. The van der Waals surface area contributed by atoms with Crippen LogP contribution < -0.4 is 10.9 Å². The highest BCUT2D eigenvalue weighted by atomic mass is 32.1. The van der Waals surface area contributed by atoms with Crippen molar-refractivity contribution in [3.8, 4) is 0 Å². The van der Waals surface area contributed by atoms with Crippen LogP contribution >= 0.6 is 11.5 Å². The van der Waals surface area contributed by atoms with E-state index in [0.29, 0.717) is 0 Å². The summed E-state index contributed by atoms with van der Waals surface area (Å²) in [5.41, 5.74) is -0.535. The normalized spacial score (nSPS) is 11.5. The minimum absolute atomic E-state index is 0.267. The van der Waals surface area contributed by atoms with Gasteiger partial charge in [0.25, 0.3) is 5.56 Å². The molecule has 0 radical (unpaired) electrons. The van der Waals surface area contributed by atoms with Crippen LogP contribution in [0.2, 0.25) is 0 Å². The Hall–Kier alpha value is -1.10. The maximum absolute atomic E-state index is 11.8. The van der Waals surface area contributed by atoms with Gasteiger partial charge < -0.3 is 5.32 Å². The molecule has 1 aromatic heterocycles. The Morgan fingerprint density at radius 1 is 1.47 bits per heavy atom. The molecule has 0 saturated heterocycles. The van der Waals surface area contributed by atoms with E-state index in [9.17, 15) is 9.59 Å². The number of nitrogens with zero attached hydrogens (tertiary/aromatic N) is 1. The second-order valence-corrected chi connectivity index (χ2v) is 5.66. The monoisotopic (exact) mass is 256 g/mol. The summed E-state index contributed by atoms with van der Waals surface area (Å²) in [5, 5.41) is 4.51. The van der Waals surface area contributed by atoms with E-state index in [2.05, 4.69) is 12.2 Å². The molecule has 0 aromatic carbocycles. The van der Waals surface area contributed by atoms with Crippen LogP contribution in [0.25, 0.3) is 0 Å². The third-order valence-corrected chi connectivity index (χ3v) is 3.43. The van der Waals surface area contributed by atoms with Crippen molar-refractivity contribution < 1.29 is 4.79 Å². The maximum atomic E-state index is 11.8. The zero-order valence-electron chi connectivity index (χ0n) is 10.7. The Kier molecular flexibility index (Phi) is 4.93. The predicted molar refractivity (Wildman–Crippen MR) is 70.7 cm³/mol. The molecule has 0 fully saturated rings. The van der Waals surface area contributed by atoms with E-state index in [1.807, 2.05) is 13.8 Å². The molecular formula is C12H20N2O2S. The lowest BCUT2D eigenvalue weighted by molar-refractivity contribution is 0.230. The summed E-state index contributed by atoms with van der Waals surface area (Å²) < 4.78 is 1.14. The maximum Gasteiger partial charge on any atom is 0.338 e. The van der Waals surface area contributed by atoms with Gasteiger partial charge in [-0.05, 0) is 20.3 Å². The molecular weight excluding hydrogens is 236 g/mol. The number of nitrogens with one attached hydrogen (secondary N) is 1. The lowest BCUT2D eigenvalue weighted by Gasteiger charge is -2.25. The van der Waals surface area contributed by atoms with E-state index >= 15 is 0 Å². The molecule has 0 aliphatic rings. The fourth-order valence-corrected chi connectivity index (χ4v) is 2.24. The highest BCUT2D eigenvalue weighted by molar-refractivity contribution is 7.05. The third kappa shape index (κ3) is 4.34. The Morgan fingerprint density at radius 3 is 2.71 bits per heavy atom. The van der Waals surface area contributed by atoms with Gasteiger partial charge in [0.1, 0.15) is 0 Å². The van der Waals surface area contributed by atoms with Crippen LogP contribution in [0.5, 0.6) is 0 Å². The lowest BCUT2D eigenvalue weighted by atomic mass is 9.97. The topological polar surface area (TPSA) is 51.1 Å². The van der Waals surface area contributed by atoms with Crippen LogP contribution in [-0.2, 0) is 0 Å². The second kappa shape index (κ2) is 6.00. The van der Waals surface area contributed by atoms with Crippen LogP contribution in [0.4, 0.5) is 4.79 Å². The first-order valence-electron chi connectivity index (χ1n) is 5.96. The van der Waals surface area contributed by atoms with Crippen LogP contribution in [-0.4, -0.2) is 15.5 Å². The highest BCUT2D eigenvalue weighted by Gasteiger charge is 2.21. The number of unbranched alkanes of at least 4 members (excludes halogenated alkanes) is 2. The molecule has 5 heteroatoms. The number of rotatable bonds is 5. The van der Waals surface area contributed by atoms with Crippen LogP contribution in [0.15, 0.2) is 16.2 Å². The average molecular weight is 256 g/mol. The molecule has 0 aliphatic heterocycles. The van der Waals surface area contributed by atoms with Crippen molar-refractivity contribution in [1.29, 1.82) is 0 Å². The van der Waals surface area contributed by atoms with Crippen molar-refractivity contribution in [1.82, 2.24) is 9.27 Å². The minimum Gasteiger partial charge on any atom is -0.332 e. The van der Waals surface area contributed by atoms with Gasteiger partial charge in [-0.2, -0.15) is 3.96 Å². The largest absolute Gasteiger partial charge is 0.338 e. The van der Waals surface area contributed by atoms with E-state index in [0.717, 1.165) is 41.2 Å². The van der Waals surface area contributed by atoms with Crippen LogP contribution in [0, 0.1) is 0 Å². The molecule has 4 nitrogen and oxygen atoms in total. The van der Waals surface area contributed by atoms with Crippen molar-refractivity contribution in [3.05, 3.63) is 21.8 Å². The van der Waals surface area contributed by atoms with Gasteiger partial charge in [0.2, 0.25) is 0 Å². The fraction of sp³-hybridized carbons (Fsp3) is 0.667. The number of aromatic nitrogens is 1. The van der Waals surface area contributed by atoms with Gasteiger partial charge in [0.15, 0.2) is 0 Å². The number of carbonyl (C=O) groups excluding carboxylic acids is 1. The number of amides is 1. The molecule has 0 saturated carbocycles. The van der Waals surface area contributed by atoms with E-state index < -0.39 is 0 Å². The summed E-state index contributed by atoms with van der Waals surface area (Å²) in [7, 11) is 0. The summed E-state index contributed by atoms with van der Waals surface area (Å²) in [6.45, 7) is 6.12. The first-order chi connectivity index (χ1) is 7.96. The van der Waals surface area contributed by atoms with Gasteiger partial charge in [-0.3, -0.25) is 4.79 Å². The van der Waals surface area contributed by atoms with Crippen molar-refractivity contribution in [2.24, 2.45) is 0 Å². The minimum atomic E-state index is -0.327. The Morgan fingerprint density at radius 2 is 2.18 bits per heavy atom. The van der Waals surface area contributed by atoms with E-state index in [1.165, 1.54) is 6.07 Å². The smallest absolute Gasteiger partial charge is 0.332 e. The molecule has 0 bridgehead atoms. The zero-order chi connectivity index (χ0) is 12.9. The van der Waals surface area contributed by atoms with Crippen molar-refractivity contribution in [3.63, 3.8) is 0 Å². The SMILES string of the molecule is CCCCCC(C)(C)NC(=O)n1sccc1=O. The van der Waals surface area contributed by atoms with Crippen molar-refractivity contribution >= 4 is 17.6 Å². The van der Waals surface area contributed by atoms with E-state index in [4.69, 9.17) is 0 Å². The van der Waals surface area contributed by atoms with Crippen LogP contribution in [0.1, 0.15) is 46.5 Å². The number of carbonyl (C=O) groups is 1. The van der Waals surface area contributed by atoms with Crippen molar-refractivity contribution in [2.45, 2.75) is 52.0 Å². The van der Waals surface area contributed by atoms with Crippen molar-refractivity contribution in [2.75, 3.05) is 0 Å². The molecule has 0 unspecified atom stereocenters. The molecule has 96 valence electrons. The molecule has 17 heavy (non-hydrogen) atoms. The van der Waals surface area contributed by atoms with Gasteiger partial charge in [-0.1, -0.05) is 37.7 Å². The summed E-state index contributed by atoms with van der Waals surface area (Å²) in [6.07, 6.45) is 4.34. The van der Waals surface area contributed by atoms with Gasteiger partial charge >= 0.3 is 6.03 Å². The molecule has 1 rings (SSSR count). The molecule has 1 heterocycles. The standard InChI is InChI=1S/C12H20N2O2S/c1-4-5-6-8-12(2,3)13-11(16)14-10(15)7-9-17-14/h7,9H,4-6,8H2,1-3H3,(H,13,16). The summed E-state index contributed by atoms with van der Waals surface area (Å²) in [4.78, 5) is 23.2. The van der Waals surface area contributed by atoms with Gasteiger partial charge in [0.05, 0.1) is 0 Å². The van der Waals surface area contributed by atoms with Crippen LogP contribution in [0.3, 0.4) is 0 Å². The highest BCUT2D eigenvalue weighted by Crippen LogP contribution is 2.14. The zero-order valence-corrected chi connectivity index (χ0v) is 11.5. The molecule has 0 aliphatic carbocycles. The van der Waals surface area contributed by atoms with E-state index in [1.54, 1.807) is 5.38 Å². The Bertz CT molecular complexity index is 420.